The number of benzene rings is 1. The van der Waals surface area contributed by atoms with Crippen LogP contribution in [-0.2, 0) is 6.18 Å². The quantitative estimate of drug-likeness (QED) is 0.436. The zero-order valence-electron chi connectivity index (χ0n) is 18.4. The predicted molar refractivity (Wildman–Crippen MR) is 122 cm³/mol. The van der Waals surface area contributed by atoms with Crippen molar-refractivity contribution in [2.75, 3.05) is 31.6 Å². The molecule has 1 saturated heterocycles. The molecule has 2 heterocycles. The molecule has 0 amide bonds. The van der Waals surface area contributed by atoms with Crippen LogP contribution in [0, 0.1) is 16.0 Å². The molecule has 0 atom stereocenters. The van der Waals surface area contributed by atoms with Crippen molar-refractivity contribution in [2.45, 2.75) is 57.2 Å². The van der Waals surface area contributed by atoms with E-state index in [1.165, 1.54) is 32.1 Å². The number of anilines is 1. The monoisotopic (exact) mass is 484 g/mol. The van der Waals surface area contributed by atoms with E-state index in [1.807, 2.05) is 4.90 Å². The van der Waals surface area contributed by atoms with Gasteiger partial charge in [0.25, 0.3) is 11.2 Å². The Balaban J connectivity index is 1.53. The fourth-order valence-electron chi connectivity index (χ4n) is 5.00. The Kier molecular flexibility index (Phi) is 6.90. The van der Waals surface area contributed by atoms with Crippen LogP contribution < -0.4 is 10.5 Å². The first-order valence-corrected chi connectivity index (χ1v) is 12.1. The molecule has 0 unspecified atom stereocenters. The van der Waals surface area contributed by atoms with E-state index < -0.39 is 27.9 Å². The fourth-order valence-corrected chi connectivity index (χ4v) is 6.12. The molecule has 11 heteroatoms. The van der Waals surface area contributed by atoms with Crippen LogP contribution in [0.2, 0.25) is 0 Å². The van der Waals surface area contributed by atoms with Gasteiger partial charge < -0.3 is 9.80 Å². The number of halogens is 3. The third-order valence-corrected chi connectivity index (χ3v) is 8.01. The number of nitro benzene ring substituents is 1. The minimum Gasteiger partial charge on any atom is -0.348 e. The van der Waals surface area contributed by atoms with Crippen molar-refractivity contribution in [1.82, 2.24) is 9.88 Å². The number of non-ortho nitro benzene ring substituents is 1. The molecule has 0 bridgehead atoms. The van der Waals surface area contributed by atoms with Crippen molar-refractivity contribution in [1.29, 1.82) is 0 Å². The average Bonchev–Trinajstić information content (AvgIpc) is 2.78. The van der Waals surface area contributed by atoms with Gasteiger partial charge in [0.1, 0.15) is 4.70 Å². The van der Waals surface area contributed by atoms with Crippen LogP contribution in [0.15, 0.2) is 16.9 Å². The maximum Gasteiger partial charge on any atom is 0.416 e. The van der Waals surface area contributed by atoms with Crippen molar-refractivity contribution >= 4 is 32.2 Å². The van der Waals surface area contributed by atoms with Crippen molar-refractivity contribution in [3.63, 3.8) is 0 Å². The number of nitrogens with zero attached hydrogens (tertiary/aromatic N) is 4. The summed E-state index contributed by atoms with van der Waals surface area (Å²) in [6, 6.07) is 1.57. The molecule has 1 aromatic heterocycles. The van der Waals surface area contributed by atoms with Crippen molar-refractivity contribution < 1.29 is 18.1 Å². The van der Waals surface area contributed by atoms with E-state index >= 15 is 0 Å². The van der Waals surface area contributed by atoms with E-state index in [4.69, 9.17) is 0 Å². The molecular formula is C22H27F3N4O3S. The van der Waals surface area contributed by atoms with Crippen LogP contribution >= 0.6 is 11.3 Å². The Morgan fingerprint density at radius 1 is 1.18 bits per heavy atom. The smallest absolute Gasteiger partial charge is 0.348 e. The molecule has 2 fully saturated rings. The minimum absolute atomic E-state index is 0.0699. The Morgan fingerprint density at radius 2 is 1.85 bits per heavy atom. The van der Waals surface area contributed by atoms with E-state index in [2.05, 4.69) is 16.9 Å². The Bertz CT molecular complexity index is 1080. The first-order valence-electron chi connectivity index (χ1n) is 11.3. The summed E-state index contributed by atoms with van der Waals surface area (Å²) in [7, 11) is 2.16. The molecule has 2 aliphatic rings. The predicted octanol–water partition coefficient (Wildman–Crippen LogP) is 5.06. The van der Waals surface area contributed by atoms with Gasteiger partial charge >= 0.3 is 6.18 Å². The minimum atomic E-state index is -4.79. The van der Waals surface area contributed by atoms with Gasteiger partial charge in [0.2, 0.25) is 0 Å². The van der Waals surface area contributed by atoms with Gasteiger partial charge in [0.05, 0.1) is 15.9 Å². The molecule has 0 radical (unpaired) electrons. The lowest BCUT2D eigenvalue weighted by molar-refractivity contribution is -0.383. The number of fused-ring (bicyclic) bond motifs is 1. The summed E-state index contributed by atoms with van der Waals surface area (Å²) in [6.45, 7) is 2.37. The van der Waals surface area contributed by atoms with Crippen LogP contribution in [0.3, 0.4) is 0 Å². The van der Waals surface area contributed by atoms with Gasteiger partial charge in [-0.3, -0.25) is 14.9 Å². The number of piperidine rings is 1. The molecular weight excluding hydrogens is 457 g/mol. The Labute approximate surface area is 193 Å². The molecule has 0 spiro atoms. The van der Waals surface area contributed by atoms with E-state index in [0.717, 1.165) is 36.6 Å². The zero-order chi connectivity index (χ0) is 23.8. The highest BCUT2D eigenvalue weighted by Gasteiger charge is 2.34. The van der Waals surface area contributed by atoms with Crippen molar-refractivity contribution in [3.05, 3.63) is 38.2 Å². The standard InChI is InChI=1S/C22H27F3N4O3S/c1-27(13-14-5-3-2-4-6-14)16-7-9-28(10-8-16)21-26-20(30)17-11-15(22(23,24)25)12-18(29(31)32)19(17)33-21/h11-12,14,16H,2-10,13H2,1H3. The molecule has 1 aliphatic carbocycles. The number of aromatic nitrogens is 1. The van der Waals surface area contributed by atoms with Gasteiger partial charge in [-0.25, -0.2) is 0 Å². The van der Waals surface area contributed by atoms with Crippen LogP contribution in [0.5, 0.6) is 0 Å². The summed E-state index contributed by atoms with van der Waals surface area (Å²) >= 11 is 0.912. The molecule has 1 aromatic carbocycles. The number of rotatable bonds is 5. The van der Waals surface area contributed by atoms with E-state index in [1.54, 1.807) is 0 Å². The number of alkyl halides is 3. The first kappa shape index (κ1) is 23.9. The summed E-state index contributed by atoms with van der Waals surface area (Å²) in [5.74, 6) is 0.747. The van der Waals surface area contributed by atoms with Gasteiger partial charge in [-0.15, -0.1) is 0 Å². The van der Waals surface area contributed by atoms with E-state index in [-0.39, 0.29) is 10.1 Å². The molecule has 33 heavy (non-hydrogen) atoms. The Hall–Kier alpha value is -2.27. The van der Waals surface area contributed by atoms with Gasteiger partial charge in [-0.05, 0) is 44.7 Å². The van der Waals surface area contributed by atoms with Gasteiger partial charge in [-0.2, -0.15) is 18.2 Å². The molecule has 0 N–H and O–H groups in total. The second-order valence-corrected chi connectivity index (χ2v) is 10.1. The molecule has 180 valence electrons. The lowest BCUT2D eigenvalue weighted by Crippen LogP contribution is -2.45. The Morgan fingerprint density at radius 3 is 2.45 bits per heavy atom. The maximum atomic E-state index is 13.2. The largest absolute Gasteiger partial charge is 0.416 e. The number of nitro groups is 1. The van der Waals surface area contributed by atoms with Crippen LogP contribution in [0.25, 0.3) is 10.1 Å². The highest BCUT2D eigenvalue weighted by Crippen LogP contribution is 2.38. The second-order valence-electron chi connectivity index (χ2n) is 9.09. The normalized spacial score (nSPS) is 18.9. The van der Waals surface area contributed by atoms with Gasteiger partial charge in [-0.1, -0.05) is 30.6 Å². The van der Waals surface area contributed by atoms with Crippen molar-refractivity contribution in [2.24, 2.45) is 5.92 Å². The zero-order valence-corrected chi connectivity index (χ0v) is 19.3. The van der Waals surface area contributed by atoms with Crippen LogP contribution in [0.4, 0.5) is 24.0 Å². The van der Waals surface area contributed by atoms with Crippen molar-refractivity contribution in [3.8, 4) is 0 Å². The lowest BCUT2D eigenvalue weighted by Gasteiger charge is -2.38. The third-order valence-electron chi connectivity index (χ3n) is 6.84. The first-order chi connectivity index (χ1) is 15.6. The third kappa shape index (κ3) is 5.29. The fraction of sp³-hybridized carbons (Fsp3) is 0.636. The average molecular weight is 485 g/mol. The van der Waals surface area contributed by atoms with Gasteiger partial charge in [0, 0.05) is 31.7 Å². The second kappa shape index (κ2) is 9.54. The highest BCUT2D eigenvalue weighted by atomic mass is 32.1. The van der Waals surface area contributed by atoms with Crippen LogP contribution in [0.1, 0.15) is 50.5 Å². The summed E-state index contributed by atoms with van der Waals surface area (Å²) in [5, 5.41) is 11.4. The SMILES string of the molecule is CN(CC1CCCCC1)C1CCN(c2nc(=O)c3cc(C(F)(F)F)cc([N+](=O)[O-])c3s2)CC1. The number of hydrogen-bond donors (Lipinski definition) is 0. The number of hydrogen-bond acceptors (Lipinski definition) is 7. The molecule has 7 nitrogen and oxygen atoms in total. The summed E-state index contributed by atoms with van der Waals surface area (Å²) in [5.41, 5.74) is -2.81. The summed E-state index contributed by atoms with van der Waals surface area (Å²) in [4.78, 5) is 31.5. The highest BCUT2D eigenvalue weighted by molar-refractivity contribution is 7.22. The lowest BCUT2D eigenvalue weighted by atomic mass is 9.88. The summed E-state index contributed by atoms with van der Waals surface area (Å²) in [6.07, 6.45) is 3.47. The van der Waals surface area contributed by atoms with Crippen LogP contribution in [-0.4, -0.2) is 47.5 Å². The molecule has 2 aromatic rings. The topological polar surface area (TPSA) is 79.6 Å². The molecule has 1 aliphatic heterocycles. The maximum absolute atomic E-state index is 13.2. The van der Waals surface area contributed by atoms with Gasteiger partial charge in [0.15, 0.2) is 5.13 Å². The summed E-state index contributed by atoms with van der Waals surface area (Å²) < 4.78 is 39.4. The van der Waals surface area contributed by atoms with E-state index in [9.17, 15) is 28.1 Å². The van der Waals surface area contributed by atoms with E-state index in [0.29, 0.717) is 36.4 Å². The molecule has 1 saturated carbocycles. The molecule has 4 rings (SSSR count).